The van der Waals surface area contributed by atoms with Crippen molar-refractivity contribution in [3.05, 3.63) is 60.2 Å². The largest absolute Gasteiger partial charge is 0.480 e. The topological polar surface area (TPSA) is 86.7 Å². The van der Waals surface area contributed by atoms with E-state index < -0.39 is 12.0 Å². The monoisotopic (exact) mass is 398 g/mol. The molecule has 1 heterocycles. The van der Waals surface area contributed by atoms with E-state index in [9.17, 15) is 19.5 Å². The van der Waals surface area contributed by atoms with Crippen LogP contribution in [0.1, 0.15) is 29.6 Å². The maximum atomic E-state index is 12.8. The molecule has 1 fully saturated rings. The van der Waals surface area contributed by atoms with Gasteiger partial charge in [-0.05, 0) is 49.6 Å². The molecule has 1 atom stereocenters. The Hall–Kier alpha value is -2.80. The van der Waals surface area contributed by atoms with Gasteiger partial charge in [0.25, 0.3) is 5.91 Å². The van der Waals surface area contributed by atoms with Crippen LogP contribution in [0.2, 0.25) is 0 Å². The van der Waals surface area contributed by atoms with Gasteiger partial charge < -0.3 is 15.3 Å². The van der Waals surface area contributed by atoms with Crippen molar-refractivity contribution < 1.29 is 19.5 Å². The molecule has 28 heavy (non-hydrogen) atoms. The van der Waals surface area contributed by atoms with E-state index in [1.54, 1.807) is 24.3 Å². The molecule has 1 unspecified atom stereocenters. The van der Waals surface area contributed by atoms with Gasteiger partial charge in [0.15, 0.2) is 0 Å². The minimum absolute atomic E-state index is 0.167. The number of amides is 2. The summed E-state index contributed by atoms with van der Waals surface area (Å²) in [6.07, 6.45) is 2.06. The van der Waals surface area contributed by atoms with Crippen LogP contribution >= 0.6 is 11.8 Å². The Bertz CT molecular complexity index is 856. The summed E-state index contributed by atoms with van der Waals surface area (Å²) in [6.45, 7) is 0.431. The van der Waals surface area contributed by atoms with E-state index in [1.807, 2.05) is 30.3 Å². The van der Waals surface area contributed by atoms with Crippen LogP contribution in [0.15, 0.2) is 59.5 Å². The summed E-state index contributed by atoms with van der Waals surface area (Å²) in [5.74, 6) is -1.20. The van der Waals surface area contributed by atoms with Gasteiger partial charge in [-0.2, -0.15) is 0 Å². The molecular weight excluding hydrogens is 376 g/mol. The van der Waals surface area contributed by atoms with Crippen LogP contribution in [0.3, 0.4) is 0 Å². The summed E-state index contributed by atoms with van der Waals surface area (Å²) in [7, 11) is 0. The second kappa shape index (κ2) is 9.41. The van der Waals surface area contributed by atoms with Gasteiger partial charge in [-0.3, -0.25) is 9.59 Å². The highest BCUT2D eigenvalue weighted by Gasteiger charge is 2.32. The molecule has 3 rings (SSSR count). The standard InChI is InChI=1S/C21H22N2O4S/c24-19(14-28-17-9-2-1-3-10-17)22-16-8-6-7-15(13-16)20(25)23-12-5-4-11-18(23)21(26)27/h1-3,6-10,13,18H,4-5,11-12,14H2,(H,22,24)(H,26,27). The summed E-state index contributed by atoms with van der Waals surface area (Å²) < 4.78 is 0. The highest BCUT2D eigenvalue weighted by molar-refractivity contribution is 8.00. The van der Waals surface area contributed by atoms with Crippen molar-refractivity contribution in [1.29, 1.82) is 0 Å². The third-order valence-corrected chi connectivity index (χ3v) is 5.57. The molecule has 6 nitrogen and oxygen atoms in total. The molecule has 0 aliphatic carbocycles. The normalized spacial score (nSPS) is 16.4. The lowest BCUT2D eigenvalue weighted by molar-refractivity contribution is -0.143. The van der Waals surface area contributed by atoms with Crippen LogP contribution in [0.4, 0.5) is 5.69 Å². The van der Waals surface area contributed by atoms with Gasteiger partial charge in [0.05, 0.1) is 5.75 Å². The molecule has 0 spiro atoms. The van der Waals surface area contributed by atoms with Crippen molar-refractivity contribution in [3.63, 3.8) is 0 Å². The SMILES string of the molecule is O=C(CSc1ccccc1)Nc1cccc(C(=O)N2CCCCC2C(=O)O)c1. The molecule has 1 saturated heterocycles. The zero-order valence-corrected chi connectivity index (χ0v) is 16.2. The lowest BCUT2D eigenvalue weighted by Crippen LogP contribution is -2.48. The van der Waals surface area contributed by atoms with Crippen molar-refractivity contribution in [3.8, 4) is 0 Å². The summed E-state index contributed by atoms with van der Waals surface area (Å²) in [5.41, 5.74) is 0.898. The predicted molar refractivity (Wildman–Crippen MR) is 109 cm³/mol. The number of nitrogens with zero attached hydrogens (tertiary/aromatic N) is 1. The summed E-state index contributed by atoms with van der Waals surface area (Å²) in [6, 6.07) is 15.5. The Kier molecular flexibility index (Phi) is 6.71. The number of hydrogen-bond donors (Lipinski definition) is 2. The number of anilines is 1. The molecule has 2 aromatic carbocycles. The second-order valence-electron chi connectivity index (χ2n) is 6.58. The number of nitrogens with one attached hydrogen (secondary N) is 1. The highest BCUT2D eigenvalue weighted by atomic mass is 32.2. The average Bonchev–Trinajstić information content (AvgIpc) is 2.72. The van der Waals surface area contributed by atoms with E-state index in [-0.39, 0.29) is 17.6 Å². The zero-order chi connectivity index (χ0) is 19.9. The van der Waals surface area contributed by atoms with E-state index in [4.69, 9.17) is 0 Å². The number of rotatable bonds is 6. The molecule has 0 aromatic heterocycles. The van der Waals surface area contributed by atoms with Crippen LogP contribution in [-0.4, -0.2) is 46.1 Å². The number of carbonyl (C=O) groups is 3. The van der Waals surface area contributed by atoms with Crippen LogP contribution in [-0.2, 0) is 9.59 Å². The maximum absolute atomic E-state index is 12.8. The number of carboxylic acids is 1. The summed E-state index contributed by atoms with van der Waals surface area (Å²) in [4.78, 5) is 38.9. The Morgan fingerprint density at radius 2 is 1.86 bits per heavy atom. The van der Waals surface area contributed by atoms with E-state index in [2.05, 4.69) is 5.32 Å². The molecule has 2 N–H and O–H groups in total. The van der Waals surface area contributed by atoms with E-state index >= 15 is 0 Å². The second-order valence-corrected chi connectivity index (χ2v) is 7.63. The zero-order valence-electron chi connectivity index (χ0n) is 15.3. The lowest BCUT2D eigenvalue weighted by atomic mass is 10.0. The fraction of sp³-hybridized carbons (Fsp3) is 0.286. The van der Waals surface area contributed by atoms with Crippen molar-refractivity contribution in [2.45, 2.75) is 30.2 Å². The minimum Gasteiger partial charge on any atom is -0.480 e. The van der Waals surface area contributed by atoms with Gasteiger partial charge in [0, 0.05) is 22.7 Å². The van der Waals surface area contributed by atoms with E-state index in [0.29, 0.717) is 24.2 Å². The molecule has 0 saturated carbocycles. The Labute approximate surface area is 167 Å². The number of likely N-dealkylation sites (tertiary alicyclic amines) is 1. The van der Waals surface area contributed by atoms with Crippen LogP contribution in [0.25, 0.3) is 0 Å². The minimum atomic E-state index is -0.976. The summed E-state index contributed by atoms with van der Waals surface area (Å²) >= 11 is 1.43. The molecule has 0 bridgehead atoms. The number of carboxylic acid groups (broad SMARTS) is 1. The molecule has 1 aliphatic rings. The van der Waals surface area contributed by atoms with Crippen LogP contribution in [0, 0.1) is 0 Å². The van der Waals surface area contributed by atoms with Gasteiger partial charge in [0.1, 0.15) is 6.04 Å². The first-order valence-electron chi connectivity index (χ1n) is 9.16. The smallest absolute Gasteiger partial charge is 0.326 e. The van der Waals surface area contributed by atoms with Crippen molar-refractivity contribution >= 4 is 35.2 Å². The number of carbonyl (C=O) groups excluding carboxylic acids is 2. The van der Waals surface area contributed by atoms with E-state index in [1.165, 1.54) is 16.7 Å². The van der Waals surface area contributed by atoms with Gasteiger partial charge in [0.2, 0.25) is 5.91 Å². The first-order valence-corrected chi connectivity index (χ1v) is 10.1. The molecule has 2 aromatic rings. The highest BCUT2D eigenvalue weighted by Crippen LogP contribution is 2.22. The summed E-state index contributed by atoms with van der Waals surface area (Å²) in [5, 5.41) is 12.2. The molecule has 1 aliphatic heterocycles. The third-order valence-electron chi connectivity index (χ3n) is 4.56. The average molecular weight is 398 g/mol. The van der Waals surface area contributed by atoms with Crippen molar-refractivity contribution in [2.75, 3.05) is 17.6 Å². The van der Waals surface area contributed by atoms with Gasteiger partial charge in [-0.15, -0.1) is 11.8 Å². The molecule has 2 amide bonds. The van der Waals surface area contributed by atoms with Gasteiger partial charge in [-0.25, -0.2) is 4.79 Å². The first-order chi connectivity index (χ1) is 13.5. The van der Waals surface area contributed by atoms with Gasteiger partial charge >= 0.3 is 5.97 Å². The third kappa shape index (κ3) is 5.13. The molecule has 7 heteroatoms. The molecule has 146 valence electrons. The van der Waals surface area contributed by atoms with Crippen LogP contribution in [0.5, 0.6) is 0 Å². The molecular formula is C21H22N2O4S. The van der Waals surface area contributed by atoms with Gasteiger partial charge in [-0.1, -0.05) is 24.3 Å². The van der Waals surface area contributed by atoms with E-state index in [0.717, 1.165) is 17.7 Å². The Morgan fingerprint density at radius 1 is 1.07 bits per heavy atom. The number of benzene rings is 2. The number of piperidine rings is 1. The van der Waals surface area contributed by atoms with Crippen molar-refractivity contribution in [1.82, 2.24) is 4.90 Å². The maximum Gasteiger partial charge on any atom is 0.326 e. The fourth-order valence-corrected chi connectivity index (χ4v) is 3.91. The Morgan fingerprint density at radius 3 is 2.61 bits per heavy atom. The number of aliphatic carboxylic acids is 1. The number of hydrogen-bond acceptors (Lipinski definition) is 4. The first kappa shape index (κ1) is 19.9. The quantitative estimate of drug-likeness (QED) is 0.728. The predicted octanol–water partition coefficient (Wildman–Crippen LogP) is 3.50. The van der Waals surface area contributed by atoms with Crippen molar-refractivity contribution in [2.24, 2.45) is 0 Å². The number of thioether (sulfide) groups is 1. The fourth-order valence-electron chi connectivity index (χ4n) is 3.19. The van der Waals surface area contributed by atoms with Crippen LogP contribution < -0.4 is 5.32 Å². The Balaban J connectivity index is 1.63. The lowest BCUT2D eigenvalue weighted by Gasteiger charge is -2.33. The molecule has 0 radical (unpaired) electrons.